The molecule has 15 heavy (non-hydrogen) atoms. The van der Waals surface area contributed by atoms with E-state index in [0.717, 1.165) is 18.8 Å². The summed E-state index contributed by atoms with van der Waals surface area (Å²) >= 11 is 0. The first kappa shape index (κ1) is 9.98. The second-order valence-electron chi connectivity index (χ2n) is 3.57. The predicted molar refractivity (Wildman–Crippen MR) is 58.1 cm³/mol. The first-order valence-corrected chi connectivity index (χ1v) is 4.95. The molecule has 0 radical (unpaired) electrons. The monoisotopic (exact) mass is 206 g/mol. The highest BCUT2D eigenvalue weighted by molar-refractivity contribution is 5.90. The largest absolute Gasteiger partial charge is 0.465 e. The zero-order valence-electron chi connectivity index (χ0n) is 8.62. The summed E-state index contributed by atoms with van der Waals surface area (Å²) in [6, 6.07) is 7.82. The first-order valence-electron chi connectivity index (χ1n) is 4.95. The molecule has 0 amide bonds. The van der Waals surface area contributed by atoms with Crippen LogP contribution in [0.25, 0.3) is 0 Å². The van der Waals surface area contributed by atoms with E-state index in [0.29, 0.717) is 11.6 Å². The average molecular weight is 206 g/mol. The van der Waals surface area contributed by atoms with Crippen LogP contribution in [-0.2, 0) is 4.74 Å². The van der Waals surface area contributed by atoms with Crippen molar-refractivity contribution < 1.29 is 9.53 Å². The van der Waals surface area contributed by atoms with Crippen molar-refractivity contribution in [3.05, 3.63) is 29.8 Å². The van der Waals surface area contributed by atoms with Crippen LogP contribution < -0.4 is 10.6 Å². The quantitative estimate of drug-likeness (QED) is 0.720. The van der Waals surface area contributed by atoms with Crippen LogP contribution in [0, 0.1) is 0 Å². The molecule has 1 aromatic rings. The van der Waals surface area contributed by atoms with Crippen molar-refractivity contribution in [1.82, 2.24) is 5.32 Å². The topological polar surface area (TPSA) is 50.4 Å². The number of anilines is 1. The zero-order valence-corrected chi connectivity index (χ0v) is 8.62. The summed E-state index contributed by atoms with van der Waals surface area (Å²) in [5, 5.41) is 6.50. The average Bonchev–Trinajstić information content (AvgIpc) is 2.23. The van der Waals surface area contributed by atoms with Gasteiger partial charge in [-0.1, -0.05) is 6.07 Å². The molecule has 0 bridgehead atoms. The lowest BCUT2D eigenvalue weighted by atomic mass is 10.1. The van der Waals surface area contributed by atoms with Crippen LogP contribution in [0.2, 0.25) is 0 Å². The highest BCUT2D eigenvalue weighted by Crippen LogP contribution is 2.13. The lowest BCUT2D eigenvalue weighted by Gasteiger charge is -2.29. The maximum Gasteiger partial charge on any atom is 0.337 e. The Morgan fingerprint density at radius 1 is 1.53 bits per heavy atom. The van der Waals surface area contributed by atoms with Gasteiger partial charge in [-0.15, -0.1) is 0 Å². The minimum Gasteiger partial charge on any atom is -0.465 e. The lowest BCUT2D eigenvalue weighted by molar-refractivity contribution is 0.0601. The molecule has 0 spiro atoms. The maximum atomic E-state index is 11.3. The Labute approximate surface area is 88.6 Å². The minimum atomic E-state index is -0.301. The molecular formula is C11H14N2O2. The fourth-order valence-corrected chi connectivity index (χ4v) is 1.48. The Morgan fingerprint density at radius 3 is 2.93 bits per heavy atom. The molecule has 2 N–H and O–H groups in total. The number of ether oxygens (including phenoxy) is 1. The van der Waals surface area contributed by atoms with Crippen molar-refractivity contribution in [3.63, 3.8) is 0 Å². The molecule has 0 saturated carbocycles. The SMILES string of the molecule is COC(=O)c1cccc(NC2CNC2)c1. The van der Waals surface area contributed by atoms with Crippen LogP contribution in [-0.4, -0.2) is 32.2 Å². The van der Waals surface area contributed by atoms with Gasteiger partial charge in [-0.05, 0) is 18.2 Å². The molecule has 1 aliphatic heterocycles. The van der Waals surface area contributed by atoms with E-state index in [-0.39, 0.29) is 5.97 Å². The van der Waals surface area contributed by atoms with Crippen LogP contribution in [0.3, 0.4) is 0 Å². The van der Waals surface area contributed by atoms with Gasteiger partial charge in [0, 0.05) is 18.8 Å². The molecule has 80 valence electrons. The summed E-state index contributed by atoms with van der Waals surface area (Å²) in [7, 11) is 1.39. The van der Waals surface area contributed by atoms with Gasteiger partial charge in [0.15, 0.2) is 0 Å². The van der Waals surface area contributed by atoms with Crippen molar-refractivity contribution >= 4 is 11.7 Å². The number of esters is 1. The number of nitrogens with one attached hydrogen (secondary N) is 2. The lowest BCUT2D eigenvalue weighted by Crippen LogP contribution is -2.51. The Morgan fingerprint density at radius 2 is 2.33 bits per heavy atom. The molecule has 1 saturated heterocycles. The summed E-state index contributed by atoms with van der Waals surface area (Å²) in [4.78, 5) is 11.3. The van der Waals surface area contributed by atoms with Gasteiger partial charge < -0.3 is 15.4 Å². The molecule has 1 fully saturated rings. The molecule has 0 unspecified atom stereocenters. The number of rotatable bonds is 3. The van der Waals surface area contributed by atoms with Gasteiger partial charge in [0.05, 0.1) is 18.7 Å². The van der Waals surface area contributed by atoms with Gasteiger partial charge in [0.25, 0.3) is 0 Å². The fourth-order valence-electron chi connectivity index (χ4n) is 1.48. The van der Waals surface area contributed by atoms with Crippen molar-refractivity contribution in [3.8, 4) is 0 Å². The second kappa shape index (κ2) is 4.31. The summed E-state index contributed by atoms with van der Waals surface area (Å²) in [6.07, 6.45) is 0. The van der Waals surface area contributed by atoms with Crippen LogP contribution in [0.4, 0.5) is 5.69 Å². The third-order valence-electron chi connectivity index (χ3n) is 2.44. The summed E-state index contributed by atoms with van der Waals surface area (Å²) in [5.74, 6) is -0.301. The van der Waals surface area contributed by atoms with Crippen molar-refractivity contribution in [1.29, 1.82) is 0 Å². The van der Waals surface area contributed by atoms with Gasteiger partial charge in [0.1, 0.15) is 0 Å². The number of methoxy groups -OCH3 is 1. The Bertz CT molecular complexity index is 361. The summed E-state index contributed by atoms with van der Waals surface area (Å²) < 4.78 is 4.66. The normalized spacial score (nSPS) is 15.5. The van der Waals surface area contributed by atoms with Crippen molar-refractivity contribution in [2.45, 2.75) is 6.04 Å². The Kier molecular flexibility index (Phi) is 2.87. The van der Waals surface area contributed by atoms with E-state index in [9.17, 15) is 4.79 Å². The van der Waals surface area contributed by atoms with Crippen LogP contribution in [0.5, 0.6) is 0 Å². The van der Waals surface area contributed by atoms with Gasteiger partial charge in [-0.2, -0.15) is 0 Å². The number of hydrogen-bond acceptors (Lipinski definition) is 4. The van der Waals surface area contributed by atoms with Crippen molar-refractivity contribution in [2.24, 2.45) is 0 Å². The molecule has 2 rings (SSSR count). The van der Waals surface area contributed by atoms with Crippen molar-refractivity contribution in [2.75, 3.05) is 25.5 Å². The number of carbonyl (C=O) groups is 1. The Hall–Kier alpha value is -1.55. The molecule has 4 heteroatoms. The number of benzene rings is 1. The third kappa shape index (κ3) is 2.27. The van der Waals surface area contributed by atoms with Gasteiger partial charge in [-0.25, -0.2) is 4.79 Å². The van der Waals surface area contributed by atoms with E-state index in [2.05, 4.69) is 15.4 Å². The highest BCUT2D eigenvalue weighted by Gasteiger charge is 2.16. The molecule has 1 heterocycles. The van der Waals surface area contributed by atoms with Gasteiger partial charge in [0.2, 0.25) is 0 Å². The van der Waals surface area contributed by atoms with Gasteiger partial charge in [-0.3, -0.25) is 0 Å². The molecular weight excluding hydrogens is 192 g/mol. The fraction of sp³-hybridized carbons (Fsp3) is 0.364. The predicted octanol–water partition coefficient (Wildman–Crippen LogP) is 0.857. The molecule has 0 atom stereocenters. The molecule has 4 nitrogen and oxygen atoms in total. The third-order valence-corrected chi connectivity index (χ3v) is 2.44. The van der Waals surface area contributed by atoms with Gasteiger partial charge >= 0.3 is 5.97 Å². The van der Waals surface area contributed by atoms with Crippen LogP contribution in [0.15, 0.2) is 24.3 Å². The first-order chi connectivity index (χ1) is 7.29. The maximum absolute atomic E-state index is 11.3. The van der Waals surface area contributed by atoms with E-state index >= 15 is 0 Å². The number of carbonyl (C=O) groups excluding carboxylic acids is 1. The zero-order chi connectivity index (χ0) is 10.7. The summed E-state index contributed by atoms with van der Waals surface area (Å²) in [6.45, 7) is 1.95. The van der Waals surface area contributed by atoms with E-state index in [1.54, 1.807) is 6.07 Å². The van der Waals surface area contributed by atoms with E-state index in [1.165, 1.54) is 7.11 Å². The van der Waals surface area contributed by atoms with Crippen LogP contribution in [0.1, 0.15) is 10.4 Å². The Balaban J connectivity index is 2.07. The van der Waals surface area contributed by atoms with Crippen LogP contribution >= 0.6 is 0 Å². The number of hydrogen-bond donors (Lipinski definition) is 2. The highest BCUT2D eigenvalue weighted by atomic mass is 16.5. The molecule has 1 aromatic carbocycles. The smallest absolute Gasteiger partial charge is 0.337 e. The second-order valence-corrected chi connectivity index (χ2v) is 3.57. The summed E-state index contributed by atoms with van der Waals surface area (Å²) in [5.41, 5.74) is 1.54. The molecule has 0 aromatic heterocycles. The minimum absolute atomic E-state index is 0.301. The standard InChI is InChI=1S/C11H14N2O2/c1-15-11(14)8-3-2-4-9(5-8)13-10-6-12-7-10/h2-5,10,12-13H,6-7H2,1H3. The van der Waals surface area contributed by atoms with E-state index in [1.807, 2.05) is 18.2 Å². The molecule has 1 aliphatic rings. The van der Waals surface area contributed by atoms with E-state index < -0.39 is 0 Å². The molecule has 0 aliphatic carbocycles. The van der Waals surface area contributed by atoms with E-state index in [4.69, 9.17) is 0 Å².